The molecule has 0 fully saturated rings. The van der Waals surface area contributed by atoms with Gasteiger partial charge in [-0.2, -0.15) is 0 Å². The minimum atomic E-state index is -1.26. The molecule has 1 aliphatic heterocycles. The Hall–Kier alpha value is -1.40. The largest absolute Gasteiger partial charge is 0.368 e. The topological polar surface area (TPSA) is 68.4 Å². The zero-order valence-electron chi connectivity index (χ0n) is 12.2. The second-order valence-electron chi connectivity index (χ2n) is 4.95. The minimum absolute atomic E-state index is 0.251. The van der Waals surface area contributed by atoms with Gasteiger partial charge >= 0.3 is 0 Å². The maximum atomic E-state index is 11.6. The zero-order chi connectivity index (χ0) is 14.9. The third-order valence-corrected chi connectivity index (χ3v) is 3.93. The molecule has 2 rings (SSSR count). The number of hydrogen-bond acceptors (Lipinski definition) is 6. The monoisotopic (exact) mass is 296 g/mol. The number of benzene rings is 1. The summed E-state index contributed by atoms with van der Waals surface area (Å²) in [6.07, 6.45) is 0. The highest BCUT2D eigenvalue weighted by Crippen LogP contribution is 2.40. The maximum absolute atomic E-state index is 11.6. The van der Waals surface area contributed by atoms with Crippen LogP contribution in [-0.2, 0) is 10.4 Å². The fourth-order valence-electron chi connectivity index (χ4n) is 2.45. The number of nitrogens with two attached hydrogens (primary N) is 1. The molecule has 0 saturated heterocycles. The van der Waals surface area contributed by atoms with E-state index in [9.17, 15) is 4.57 Å². The van der Waals surface area contributed by atoms with Crippen molar-refractivity contribution in [1.82, 2.24) is 19.8 Å². The van der Waals surface area contributed by atoms with Crippen molar-refractivity contribution in [3.63, 3.8) is 0 Å². The minimum Gasteiger partial charge on any atom is -0.368 e. The first-order valence-corrected chi connectivity index (χ1v) is 7.24. The van der Waals surface area contributed by atoms with E-state index >= 15 is 0 Å². The van der Waals surface area contributed by atoms with Crippen molar-refractivity contribution >= 4 is 14.6 Å². The second-order valence-corrected chi connectivity index (χ2v) is 5.65. The molecule has 1 aromatic rings. The van der Waals surface area contributed by atoms with E-state index in [4.69, 9.17) is 5.73 Å². The third-order valence-electron chi connectivity index (χ3n) is 3.25. The Labute approximate surface area is 120 Å². The van der Waals surface area contributed by atoms with Crippen molar-refractivity contribution in [2.45, 2.75) is 5.79 Å². The quantitative estimate of drug-likeness (QED) is 0.809. The van der Waals surface area contributed by atoms with Crippen molar-refractivity contribution in [1.29, 1.82) is 0 Å². The first-order chi connectivity index (χ1) is 9.45. The molecule has 0 bridgehead atoms. The van der Waals surface area contributed by atoms with Crippen molar-refractivity contribution in [2.24, 2.45) is 10.7 Å². The Balaban J connectivity index is 2.65. The van der Waals surface area contributed by atoms with Crippen LogP contribution in [0.2, 0.25) is 0 Å². The number of rotatable bonds is 4. The number of hydrazine groups is 2. The number of guanidine groups is 1. The Morgan fingerprint density at radius 1 is 1.20 bits per heavy atom. The van der Waals surface area contributed by atoms with E-state index < -0.39 is 14.4 Å². The molecule has 2 unspecified atom stereocenters. The molecule has 20 heavy (non-hydrogen) atoms. The molecule has 0 aromatic heterocycles. The summed E-state index contributed by atoms with van der Waals surface area (Å²) in [5.74, 6) is -0.576. The van der Waals surface area contributed by atoms with Crippen molar-refractivity contribution in [2.75, 3.05) is 28.2 Å². The summed E-state index contributed by atoms with van der Waals surface area (Å²) in [5, 5.41) is 3.64. The van der Waals surface area contributed by atoms with Gasteiger partial charge in [0.1, 0.15) is 0 Å². The number of nitrogens with zero attached hydrogens (tertiary/aromatic N) is 5. The van der Waals surface area contributed by atoms with E-state index in [-0.39, 0.29) is 5.96 Å². The van der Waals surface area contributed by atoms with Crippen molar-refractivity contribution in [3.8, 4) is 0 Å². The summed E-state index contributed by atoms with van der Waals surface area (Å²) in [4.78, 5) is 6.54. The summed E-state index contributed by atoms with van der Waals surface area (Å²) in [5.41, 5.74) is 6.93. The van der Waals surface area contributed by atoms with Crippen LogP contribution in [0.25, 0.3) is 0 Å². The first-order valence-electron chi connectivity index (χ1n) is 6.25. The van der Waals surface area contributed by atoms with Gasteiger partial charge in [-0.15, -0.1) is 0 Å². The van der Waals surface area contributed by atoms with Crippen LogP contribution in [0.15, 0.2) is 35.3 Å². The van der Waals surface area contributed by atoms with Gasteiger partial charge in [0.05, 0.1) is 0 Å². The van der Waals surface area contributed by atoms with E-state index in [1.54, 1.807) is 5.12 Å². The highest BCUT2D eigenvalue weighted by atomic mass is 31.1. The van der Waals surface area contributed by atoms with Gasteiger partial charge in [-0.05, 0) is 14.1 Å². The Kier molecular flexibility index (Phi) is 4.15. The molecule has 8 heteroatoms. The van der Waals surface area contributed by atoms with Gasteiger partial charge in [-0.3, -0.25) is 4.90 Å². The van der Waals surface area contributed by atoms with Crippen LogP contribution < -0.4 is 5.73 Å². The SMILES string of the molecule is CN(C)N1N([PH2]=O)C(N)=NC1(c1ccccc1)N(C)C. The zero-order valence-corrected chi connectivity index (χ0v) is 13.3. The van der Waals surface area contributed by atoms with Gasteiger partial charge in [-0.1, -0.05) is 35.4 Å². The van der Waals surface area contributed by atoms with Crippen LogP contribution in [0.5, 0.6) is 0 Å². The van der Waals surface area contributed by atoms with Crippen molar-refractivity contribution < 1.29 is 4.57 Å². The van der Waals surface area contributed by atoms with Crippen LogP contribution in [0.3, 0.4) is 0 Å². The normalized spacial score (nSPS) is 24.3. The van der Waals surface area contributed by atoms with Crippen LogP contribution in [0.4, 0.5) is 0 Å². The molecule has 7 nitrogen and oxygen atoms in total. The van der Waals surface area contributed by atoms with Gasteiger partial charge in [0.15, 0.2) is 8.61 Å². The average Bonchev–Trinajstić information content (AvgIpc) is 2.73. The molecule has 0 radical (unpaired) electrons. The summed E-state index contributed by atoms with van der Waals surface area (Å²) in [6, 6.07) is 9.82. The first kappa shape index (κ1) is 15.0. The lowest BCUT2D eigenvalue weighted by molar-refractivity contribution is -0.195. The highest BCUT2D eigenvalue weighted by molar-refractivity contribution is 7.21. The molecule has 0 spiro atoms. The molecular weight excluding hydrogens is 275 g/mol. The maximum Gasteiger partial charge on any atom is 0.230 e. The molecule has 0 saturated carbocycles. The molecule has 0 aliphatic carbocycles. The smallest absolute Gasteiger partial charge is 0.230 e. The van der Waals surface area contributed by atoms with Gasteiger partial charge in [-0.25, -0.2) is 14.8 Å². The lowest BCUT2D eigenvalue weighted by atomic mass is 10.1. The standard InChI is InChI=1S/C12H21N6OP/c1-15(2)12(10-8-6-5-7-9-10)14-11(13)17(20-19)18(12)16(3)4/h5-9H,20H2,1-4H3,(H2,13,14). The molecule has 1 heterocycles. The van der Waals surface area contributed by atoms with E-state index in [1.807, 2.05) is 68.4 Å². The molecular formula is C12H21N6OP. The molecule has 0 amide bonds. The molecule has 2 atom stereocenters. The van der Waals surface area contributed by atoms with Gasteiger partial charge < -0.3 is 10.3 Å². The van der Waals surface area contributed by atoms with E-state index in [0.717, 1.165) is 5.56 Å². The number of aliphatic imine (C=N–C) groups is 1. The highest BCUT2D eigenvalue weighted by Gasteiger charge is 2.51. The van der Waals surface area contributed by atoms with E-state index in [0.29, 0.717) is 0 Å². The summed E-state index contributed by atoms with van der Waals surface area (Å²) in [6.45, 7) is 0. The lowest BCUT2D eigenvalue weighted by Gasteiger charge is -2.45. The third kappa shape index (κ3) is 2.13. The predicted octanol–water partition coefficient (Wildman–Crippen LogP) is 0.354. The van der Waals surface area contributed by atoms with Crippen LogP contribution in [0, 0.1) is 0 Å². The van der Waals surface area contributed by atoms with Crippen LogP contribution in [0.1, 0.15) is 5.56 Å². The average molecular weight is 296 g/mol. The summed E-state index contributed by atoms with van der Waals surface area (Å²) in [7, 11) is 6.33. The Morgan fingerprint density at radius 2 is 1.80 bits per heavy atom. The van der Waals surface area contributed by atoms with Gasteiger partial charge in [0, 0.05) is 19.7 Å². The van der Waals surface area contributed by atoms with E-state index in [2.05, 4.69) is 4.99 Å². The fraction of sp³-hybridized carbons (Fsp3) is 0.417. The second kappa shape index (κ2) is 5.54. The Bertz CT molecular complexity index is 520. The molecule has 1 aliphatic rings. The number of hydrogen-bond donors (Lipinski definition) is 1. The van der Waals surface area contributed by atoms with Crippen LogP contribution >= 0.6 is 8.61 Å². The van der Waals surface area contributed by atoms with E-state index in [1.165, 1.54) is 4.78 Å². The summed E-state index contributed by atoms with van der Waals surface area (Å²) >= 11 is 0. The lowest BCUT2D eigenvalue weighted by Crippen LogP contribution is -2.60. The summed E-state index contributed by atoms with van der Waals surface area (Å²) < 4.78 is 13.1. The Morgan fingerprint density at radius 3 is 2.25 bits per heavy atom. The van der Waals surface area contributed by atoms with Crippen LogP contribution in [-0.4, -0.2) is 54.0 Å². The van der Waals surface area contributed by atoms with Gasteiger partial charge in [0.2, 0.25) is 11.7 Å². The molecule has 110 valence electrons. The molecule has 2 N–H and O–H groups in total. The fourth-order valence-corrected chi connectivity index (χ4v) is 3.07. The van der Waals surface area contributed by atoms with Gasteiger partial charge in [0.25, 0.3) is 0 Å². The van der Waals surface area contributed by atoms with Crippen molar-refractivity contribution in [3.05, 3.63) is 35.9 Å². The molecule has 1 aromatic carbocycles. The predicted molar refractivity (Wildman–Crippen MR) is 81.2 cm³/mol.